The van der Waals surface area contributed by atoms with Gasteiger partial charge in [0.2, 0.25) is 11.8 Å². The van der Waals surface area contributed by atoms with Crippen molar-refractivity contribution in [2.24, 2.45) is 5.10 Å². The maximum atomic E-state index is 12.0. The van der Waals surface area contributed by atoms with Crippen LogP contribution in [0.4, 0.5) is 5.69 Å². The van der Waals surface area contributed by atoms with Gasteiger partial charge in [-0.05, 0) is 48.9 Å². The van der Waals surface area contributed by atoms with Crippen LogP contribution in [0.1, 0.15) is 18.9 Å². The van der Waals surface area contributed by atoms with Crippen LogP contribution < -0.4 is 20.2 Å². The molecule has 0 saturated carbocycles. The lowest BCUT2D eigenvalue weighted by atomic mass is 10.2. The number of carbonyl (C=O) groups excluding carboxylic acids is 3. The van der Waals surface area contributed by atoms with E-state index in [-0.39, 0.29) is 6.61 Å². The maximum Gasteiger partial charge on any atom is 0.344 e. The molecule has 0 aliphatic rings. The van der Waals surface area contributed by atoms with Crippen molar-refractivity contribution in [3.05, 3.63) is 54.1 Å². The molecule has 0 bridgehead atoms. The Labute approximate surface area is 174 Å². The van der Waals surface area contributed by atoms with Crippen molar-refractivity contribution in [3.8, 4) is 11.5 Å². The average Bonchev–Trinajstić information content (AvgIpc) is 2.73. The number of nitrogens with one attached hydrogen (secondary N) is 2. The highest BCUT2D eigenvalue weighted by Gasteiger charge is 2.11. The van der Waals surface area contributed by atoms with Crippen molar-refractivity contribution in [1.29, 1.82) is 0 Å². The largest absolute Gasteiger partial charge is 0.495 e. The molecule has 0 unspecified atom stereocenters. The highest BCUT2D eigenvalue weighted by Crippen LogP contribution is 2.22. The number of anilines is 1. The lowest BCUT2D eigenvalue weighted by Gasteiger charge is -2.09. The molecule has 9 nitrogen and oxygen atoms in total. The second kappa shape index (κ2) is 11.8. The number of rotatable bonds is 10. The average molecular weight is 413 g/mol. The topological polar surface area (TPSA) is 115 Å². The van der Waals surface area contributed by atoms with Crippen molar-refractivity contribution < 1.29 is 28.6 Å². The fourth-order valence-corrected chi connectivity index (χ4v) is 2.30. The Hall–Kier alpha value is -3.88. The number of para-hydroxylation sites is 2. The molecular weight excluding hydrogens is 390 g/mol. The van der Waals surface area contributed by atoms with Gasteiger partial charge in [-0.2, -0.15) is 5.10 Å². The maximum absolute atomic E-state index is 12.0. The lowest BCUT2D eigenvalue weighted by Crippen LogP contribution is -2.24. The molecule has 0 fully saturated rings. The summed E-state index contributed by atoms with van der Waals surface area (Å²) in [6.45, 7) is 1.84. The normalized spacial score (nSPS) is 10.3. The van der Waals surface area contributed by atoms with Crippen molar-refractivity contribution in [2.75, 3.05) is 25.6 Å². The molecule has 0 radical (unpaired) electrons. The van der Waals surface area contributed by atoms with E-state index in [1.54, 1.807) is 55.5 Å². The first-order valence-electron chi connectivity index (χ1n) is 9.15. The third-order valence-corrected chi connectivity index (χ3v) is 3.65. The molecule has 158 valence electrons. The van der Waals surface area contributed by atoms with Crippen molar-refractivity contribution in [3.63, 3.8) is 0 Å². The van der Waals surface area contributed by atoms with Crippen molar-refractivity contribution in [1.82, 2.24) is 5.43 Å². The van der Waals surface area contributed by atoms with Gasteiger partial charge in [0.15, 0.2) is 6.61 Å². The zero-order valence-electron chi connectivity index (χ0n) is 16.7. The van der Waals surface area contributed by atoms with Gasteiger partial charge in [-0.1, -0.05) is 12.1 Å². The first kappa shape index (κ1) is 22.4. The number of hydrogen-bond donors (Lipinski definition) is 2. The van der Waals surface area contributed by atoms with Crippen LogP contribution in [0.2, 0.25) is 0 Å². The molecular formula is C21H23N3O6. The van der Waals surface area contributed by atoms with Crippen LogP contribution in [0.5, 0.6) is 11.5 Å². The number of amides is 2. The Morgan fingerprint density at radius 3 is 2.47 bits per heavy atom. The van der Waals surface area contributed by atoms with Gasteiger partial charge in [0, 0.05) is 0 Å². The van der Waals surface area contributed by atoms with Gasteiger partial charge < -0.3 is 19.5 Å². The third-order valence-electron chi connectivity index (χ3n) is 3.65. The monoisotopic (exact) mass is 413 g/mol. The Bertz CT molecular complexity index is 896. The summed E-state index contributed by atoms with van der Waals surface area (Å²) < 4.78 is 15.2. The Morgan fingerprint density at radius 2 is 1.77 bits per heavy atom. The summed E-state index contributed by atoms with van der Waals surface area (Å²) in [6.07, 6.45) is 1.03. The molecule has 2 rings (SSSR count). The molecule has 0 aliphatic carbocycles. The first-order valence-corrected chi connectivity index (χ1v) is 9.15. The fraction of sp³-hybridized carbons (Fsp3) is 0.238. The molecule has 0 aliphatic heterocycles. The number of esters is 1. The quantitative estimate of drug-likeness (QED) is 0.267. The Balaban J connectivity index is 1.77. The minimum Gasteiger partial charge on any atom is -0.495 e. The van der Waals surface area contributed by atoms with Gasteiger partial charge in [0.1, 0.15) is 17.9 Å². The van der Waals surface area contributed by atoms with Crippen LogP contribution in [0, 0.1) is 0 Å². The van der Waals surface area contributed by atoms with E-state index in [1.807, 2.05) is 0 Å². The van der Waals surface area contributed by atoms with Gasteiger partial charge in [-0.3, -0.25) is 9.59 Å². The molecule has 2 N–H and O–H groups in total. The van der Waals surface area contributed by atoms with E-state index < -0.39 is 24.2 Å². The Kier molecular flexibility index (Phi) is 8.85. The zero-order chi connectivity index (χ0) is 21.8. The van der Waals surface area contributed by atoms with E-state index in [2.05, 4.69) is 15.8 Å². The first-order chi connectivity index (χ1) is 14.5. The van der Waals surface area contributed by atoms with E-state index in [9.17, 15) is 14.4 Å². The molecule has 2 aromatic carbocycles. The number of benzene rings is 2. The molecule has 0 spiro atoms. The summed E-state index contributed by atoms with van der Waals surface area (Å²) in [4.78, 5) is 35.1. The number of hydrogen-bond acceptors (Lipinski definition) is 7. The second-order valence-corrected chi connectivity index (χ2v) is 5.88. The van der Waals surface area contributed by atoms with Crippen LogP contribution in [-0.2, 0) is 19.1 Å². The highest BCUT2D eigenvalue weighted by atomic mass is 16.6. The van der Waals surface area contributed by atoms with Crippen LogP contribution in [0.15, 0.2) is 53.6 Å². The predicted octanol–water partition coefficient (Wildman–Crippen LogP) is 2.12. The number of carbonyl (C=O) groups is 3. The summed E-state index contributed by atoms with van der Waals surface area (Å²) in [6, 6.07) is 13.6. The standard InChI is InChI=1S/C21H23N3O6/c1-3-29-21(27)14-30-16-10-8-15(9-11-16)13-22-24-20(26)12-19(25)23-17-6-4-5-7-18(17)28-2/h4-11,13H,3,12,14H2,1-2H3,(H,23,25)(H,24,26). The highest BCUT2D eigenvalue weighted by molar-refractivity contribution is 6.04. The molecule has 0 heterocycles. The zero-order valence-corrected chi connectivity index (χ0v) is 16.7. The van der Waals surface area contributed by atoms with Crippen molar-refractivity contribution in [2.45, 2.75) is 13.3 Å². The van der Waals surface area contributed by atoms with E-state index in [0.717, 1.165) is 0 Å². The van der Waals surface area contributed by atoms with Crippen molar-refractivity contribution >= 4 is 29.7 Å². The number of ether oxygens (including phenoxy) is 3. The van der Waals surface area contributed by atoms with E-state index in [1.165, 1.54) is 13.3 Å². The van der Waals surface area contributed by atoms with Gasteiger partial charge in [0.05, 0.1) is 25.6 Å². The van der Waals surface area contributed by atoms with E-state index in [4.69, 9.17) is 14.2 Å². The number of hydrazone groups is 1. The molecule has 0 atom stereocenters. The van der Waals surface area contributed by atoms with Gasteiger partial charge >= 0.3 is 5.97 Å². The van der Waals surface area contributed by atoms with E-state index in [0.29, 0.717) is 29.4 Å². The predicted molar refractivity (Wildman–Crippen MR) is 111 cm³/mol. The number of methoxy groups -OCH3 is 1. The fourth-order valence-electron chi connectivity index (χ4n) is 2.30. The minimum atomic E-state index is -0.562. The van der Waals surface area contributed by atoms with Crippen LogP contribution in [0.25, 0.3) is 0 Å². The minimum absolute atomic E-state index is 0.172. The third kappa shape index (κ3) is 7.63. The number of nitrogens with zero attached hydrogens (tertiary/aromatic N) is 1. The Morgan fingerprint density at radius 1 is 1.03 bits per heavy atom. The van der Waals surface area contributed by atoms with Gasteiger partial charge in [0.25, 0.3) is 0 Å². The smallest absolute Gasteiger partial charge is 0.344 e. The summed E-state index contributed by atoms with van der Waals surface area (Å²) in [7, 11) is 1.49. The molecule has 2 amide bonds. The van der Waals surface area contributed by atoms with Crippen LogP contribution in [0.3, 0.4) is 0 Å². The second-order valence-electron chi connectivity index (χ2n) is 5.88. The molecule has 0 aromatic heterocycles. The molecule has 2 aromatic rings. The summed E-state index contributed by atoms with van der Waals surface area (Å²) in [5, 5.41) is 6.43. The SMILES string of the molecule is CCOC(=O)COc1ccc(C=NNC(=O)CC(=O)Nc2ccccc2OC)cc1. The van der Waals surface area contributed by atoms with Gasteiger partial charge in [-0.25, -0.2) is 10.2 Å². The van der Waals surface area contributed by atoms with E-state index >= 15 is 0 Å². The summed E-state index contributed by atoms with van der Waals surface area (Å²) >= 11 is 0. The lowest BCUT2D eigenvalue weighted by molar-refractivity contribution is -0.145. The summed E-state index contributed by atoms with van der Waals surface area (Å²) in [5.41, 5.74) is 3.46. The van der Waals surface area contributed by atoms with Crippen LogP contribution >= 0.6 is 0 Å². The molecule has 9 heteroatoms. The summed E-state index contributed by atoms with van der Waals surface area (Å²) in [5.74, 6) is -0.500. The van der Waals surface area contributed by atoms with Gasteiger partial charge in [-0.15, -0.1) is 0 Å². The molecule has 30 heavy (non-hydrogen) atoms. The molecule has 0 saturated heterocycles. The van der Waals surface area contributed by atoms with Crippen LogP contribution in [-0.4, -0.2) is 44.3 Å².